The van der Waals surface area contributed by atoms with Crippen molar-refractivity contribution in [3.8, 4) is 0 Å². The first-order valence-electron chi connectivity index (χ1n) is 7.18. The number of aromatic amines is 1. The molecule has 0 saturated heterocycles. The van der Waals surface area contributed by atoms with Crippen LogP contribution in [0.5, 0.6) is 0 Å². The minimum atomic E-state index is 0.627. The Kier molecular flexibility index (Phi) is 5.50. The van der Waals surface area contributed by atoms with Crippen molar-refractivity contribution >= 4 is 56.9 Å². The summed E-state index contributed by atoms with van der Waals surface area (Å²) in [4.78, 5) is 0. The molecule has 0 radical (unpaired) electrons. The average molecular weight is 384 g/mol. The van der Waals surface area contributed by atoms with Crippen molar-refractivity contribution in [2.24, 2.45) is 0 Å². The lowest BCUT2D eigenvalue weighted by Crippen LogP contribution is -2.00. The molecule has 0 amide bonds. The number of hydrogen-bond acceptors (Lipinski definition) is 4. The van der Waals surface area contributed by atoms with Crippen LogP contribution in [0, 0.1) is 0 Å². The van der Waals surface area contributed by atoms with Crippen LogP contribution in [0.2, 0.25) is 10.0 Å². The molecule has 4 rings (SSSR count). The van der Waals surface area contributed by atoms with E-state index in [0.29, 0.717) is 15.9 Å². The van der Waals surface area contributed by atoms with Crippen molar-refractivity contribution in [3.05, 3.63) is 46.4 Å². The molecule has 2 aromatic carbocycles. The molecular weight excluding hydrogens is 371 g/mol. The van der Waals surface area contributed by atoms with E-state index in [9.17, 15) is 0 Å². The van der Waals surface area contributed by atoms with E-state index in [1.54, 1.807) is 12.1 Å². The monoisotopic (exact) mass is 382 g/mol. The van der Waals surface area contributed by atoms with Gasteiger partial charge in [0.15, 0.2) is 0 Å². The number of hydrogen-bond donors (Lipinski definition) is 1. The molecule has 0 atom stereocenters. The summed E-state index contributed by atoms with van der Waals surface area (Å²) in [6.07, 6.45) is 0.881. The SMILES string of the molecule is ClCCCn1nnc2ccc(Cl)cc21.Clc1ccc2n[nH]nc2c1. The number of aromatic nitrogens is 6. The van der Waals surface area contributed by atoms with Crippen molar-refractivity contribution < 1.29 is 0 Å². The minimum Gasteiger partial charge on any atom is -0.245 e. The van der Waals surface area contributed by atoms with E-state index in [0.717, 1.165) is 35.0 Å². The van der Waals surface area contributed by atoms with Crippen LogP contribution in [0.3, 0.4) is 0 Å². The predicted octanol–water partition coefficient (Wildman–Crippen LogP) is 4.32. The smallest absolute Gasteiger partial charge is 0.114 e. The molecule has 9 heteroatoms. The number of nitrogens with zero attached hydrogens (tertiary/aromatic N) is 5. The standard InChI is InChI=1S/C9H9Cl2N3.C6H4ClN3/c10-4-1-5-14-9-6-7(11)2-3-8(9)12-13-14;7-4-1-2-5-6(3-4)9-10-8-5/h2-3,6H,1,4-5H2;1-3H,(H,8,9,10). The fourth-order valence-electron chi connectivity index (χ4n) is 2.13. The van der Waals surface area contributed by atoms with Gasteiger partial charge >= 0.3 is 0 Å². The number of benzene rings is 2. The molecule has 0 unspecified atom stereocenters. The second-order valence-corrected chi connectivity index (χ2v) is 6.20. The van der Waals surface area contributed by atoms with Crippen LogP contribution in [0.15, 0.2) is 36.4 Å². The number of fused-ring (bicyclic) bond motifs is 2. The maximum Gasteiger partial charge on any atom is 0.114 e. The summed E-state index contributed by atoms with van der Waals surface area (Å²) >= 11 is 17.2. The van der Waals surface area contributed by atoms with Crippen LogP contribution in [0.25, 0.3) is 22.1 Å². The van der Waals surface area contributed by atoms with E-state index in [4.69, 9.17) is 34.8 Å². The van der Waals surface area contributed by atoms with Gasteiger partial charge < -0.3 is 0 Å². The third-order valence-corrected chi connectivity index (χ3v) is 4.00. The molecule has 0 saturated carbocycles. The summed E-state index contributed by atoms with van der Waals surface area (Å²) in [5.74, 6) is 0.627. The molecule has 2 aromatic heterocycles. The van der Waals surface area contributed by atoms with Crippen LogP contribution < -0.4 is 0 Å². The van der Waals surface area contributed by atoms with Crippen molar-refractivity contribution in [2.45, 2.75) is 13.0 Å². The van der Waals surface area contributed by atoms with E-state index in [1.807, 2.05) is 28.9 Å². The van der Waals surface area contributed by atoms with Crippen LogP contribution in [-0.4, -0.2) is 36.3 Å². The van der Waals surface area contributed by atoms with Gasteiger partial charge in [-0.3, -0.25) is 0 Å². The van der Waals surface area contributed by atoms with Crippen molar-refractivity contribution in [2.75, 3.05) is 5.88 Å². The van der Waals surface area contributed by atoms with E-state index >= 15 is 0 Å². The zero-order chi connectivity index (χ0) is 16.9. The number of alkyl halides is 1. The molecule has 1 N–H and O–H groups in total. The fraction of sp³-hybridized carbons (Fsp3) is 0.200. The second kappa shape index (κ2) is 7.79. The number of nitrogens with one attached hydrogen (secondary N) is 1. The van der Waals surface area contributed by atoms with Gasteiger partial charge in [0.1, 0.15) is 16.6 Å². The topological polar surface area (TPSA) is 72.3 Å². The third kappa shape index (κ3) is 3.95. The summed E-state index contributed by atoms with van der Waals surface area (Å²) in [5.41, 5.74) is 3.46. The summed E-state index contributed by atoms with van der Waals surface area (Å²) in [6.45, 7) is 0.778. The van der Waals surface area contributed by atoms with Gasteiger partial charge in [0.05, 0.1) is 5.52 Å². The second-order valence-electron chi connectivity index (χ2n) is 4.94. The van der Waals surface area contributed by atoms with Crippen LogP contribution >= 0.6 is 34.8 Å². The third-order valence-electron chi connectivity index (χ3n) is 3.26. The van der Waals surface area contributed by atoms with Crippen LogP contribution in [0.4, 0.5) is 0 Å². The van der Waals surface area contributed by atoms with E-state index < -0.39 is 0 Å². The molecular formula is C15H13Cl3N6. The Bertz CT molecular complexity index is 949. The molecule has 0 spiro atoms. The fourth-order valence-corrected chi connectivity index (χ4v) is 2.58. The molecule has 24 heavy (non-hydrogen) atoms. The molecule has 0 aliphatic heterocycles. The lowest BCUT2D eigenvalue weighted by atomic mass is 10.3. The van der Waals surface area contributed by atoms with Crippen molar-refractivity contribution in [3.63, 3.8) is 0 Å². The summed E-state index contributed by atoms with van der Waals surface area (Å²) in [6, 6.07) is 10.9. The van der Waals surface area contributed by atoms with E-state index in [-0.39, 0.29) is 0 Å². The number of H-pyrrole nitrogens is 1. The zero-order valence-corrected chi connectivity index (χ0v) is 14.7. The molecule has 2 heterocycles. The van der Waals surface area contributed by atoms with Crippen LogP contribution in [0.1, 0.15) is 6.42 Å². The van der Waals surface area contributed by atoms with Gasteiger partial charge in [-0.15, -0.1) is 16.7 Å². The molecule has 0 aliphatic carbocycles. The lowest BCUT2D eigenvalue weighted by Gasteiger charge is -1.99. The normalized spacial score (nSPS) is 10.8. The van der Waals surface area contributed by atoms with Crippen molar-refractivity contribution in [1.29, 1.82) is 0 Å². The van der Waals surface area contributed by atoms with Gasteiger partial charge in [-0.25, -0.2) is 4.68 Å². The Labute approximate surface area is 152 Å². The van der Waals surface area contributed by atoms with Gasteiger partial charge in [-0.05, 0) is 42.8 Å². The first-order valence-corrected chi connectivity index (χ1v) is 8.47. The summed E-state index contributed by atoms with van der Waals surface area (Å²) in [7, 11) is 0. The Morgan fingerprint density at radius 1 is 0.917 bits per heavy atom. The maximum absolute atomic E-state index is 5.89. The Hall–Kier alpha value is -1.89. The van der Waals surface area contributed by atoms with Gasteiger partial charge in [-0.1, -0.05) is 28.4 Å². The minimum absolute atomic E-state index is 0.627. The molecule has 124 valence electrons. The number of halogens is 3. The molecule has 0 bridgehead atoms. The number of rotatable bonds is 3. The zero-order valence-electron chi connectivity index (χ0n) is 12.5. The van der Waals surface area contributed by atoms with Crippen molar-refractivity contribution in [1.82, 2.24) is 30.4 Å². The summed E-state index contributed by atoms with van der Waals surface area (Å²) < 4.78 is 1.82. The highest BCUT2D eigenvalue weighted by atomic mass is 35.5. The van der Waals surface area contributed by atoms with Gasteiger partial charge in [0.25, 0.3) is 0 Å². The first-order chi connectivity index (χ1) is 11.7. The Balaban J connectivity index is 0.000000149. The highest BCUT2D eigenvalue weighted by molar-refractivity contribution is 6.31. The van der Waals surface area contributed by atoms with E-state index in [1.165, 1.54) is 0 Å². The van der Waals surface area contributed by atoms with Gasteiger partial charge in [0, 0.05) is 22.5 Å². The average Bonchev–Trinajstić information content (AvgIpc) is 3.19. The largest absolute Gasteiger partial charge is 0.245 e. The highest BCUT2D eigenvalue weighted by Crippen LogP contribution is 2.17. The Morgan fingerprint density at radius 2 is 1.62 bits per heavy atom. The molecule has 6 nitrogen and oxygen atoms in total. The van der Waals surface area contributed by atoms with E-state index in [2.05, 4.69) is 25.7 Å². The van der Waals surface area contributed by atoms with Crippen LogP contribution in [-0.2, 0) is 6.54 Å². The Morgan fingerprint density at radius 3 is 2.42 bits per heavy atom. The predicted molar refractivity (Wildman–Crippen MR) is 96.8 cm³/mol. The molecule has 4 aromatic rings. The number of aryl methyl sites for hydroxylation is 1. The quantitative estimate of drug-likeness (QED) is 0.535. The van der Waals surface area contributed by atoms with Gasteiger partial charge in [0.2, 0.25) is 0 Å². The van der Waals surface area contributed by atoms with Gasteiger partial charge in [-0.2, -0.15) is 15.4 Å². The highest BCUT2D eigenvalue weighted by Gasteiger charge is 2.03. The first kappa shape index (κ1) is 17.0. The lowest BCUT2D eigenvalue weighted by molar-refractivity contribution is 0.598. The summed E-state index contributed by atoms with van der Waals surface area (Å²) in [5, 5.41) is 19.7. The molecule has 0 aliphatic rings. The maximum atomic E-state index is 5.89. The molecule has 0 fully saturated rings.